The van der Waals surface area contributed by atoms with E-state index >= 15 is 0 Å². The summed E-state index contributed by atoms with van der Waals surface area (Å²) in [5.74, 6) is -0.350. The van der Waals surface area contributed by atoms with Crippen molar-refractivity contribution in [2.75, 3.05) is 0 Å². The van der Waals surface area contributed by atoms with E-state index in [1.165, 1.54) is 6.07 Å². The second kappa shape index (κ2) is 5.21. The predicted molar refractivity (Wildman–Crippen MR) is 64.1 cm³/mol. The second-order valence-corrected chi connectivity index (χ2v) is 4.05. The van der Waals surface area contributed by atoms with Crippen molar-refractivity contribution in [1.82, 2.24) is 9.97 Å². The van der Waals surface area contributed by atoms with Gasteiger partial charge in [-0.25, -0.2) is 4.39 Å². The minimum Gasteiger partial charge on any atom is -0.322 e. The molecule has 0 saturated carbocycles. The number of halogens is 2. The van der Waals surface area contributed by atoms with Gasteiger partial charge < -0.3 is 5.73 Å². The Labute approximate surface area is 103 Å². The van der Waals surface area contributed by atoms with Crippen LogP contribution in [-0.2, 0) is 6.42 Å². The molecule has 1 heterocycles. The average Bonchev–Trinajstić information content (AvgIpc) is 2.35. The molecule has 1 aromatic carbocycles. The average molecular weight is 252 g/mol. The van der Waals surface area contributed by atoms with Crippen molar-refractivity contribution in [1.29, 1.82) is 0 Å². The van der Waals surface area contributed by atoms with Gasteiger partial charge in [-0.1, -0.05) is 17.7 Å². The van der Waals surface area contributed by atoms with Crippen LogP contribution in [0, 0.1) is 5.82 Å². The van der Waals surface area contributed by atoms with Crippen molar-refractivity contribution < 1.29 is 4.39 Å². The maximum atomic E-state index is 13.6. The molecule has 1 atom stereocenters. The minimum atomic E-state index is -0.418. The number of rotatable bonds is 3. The van der Waals surface area contributed by atoms with Crippen LogP contribution in [0.15, 0.2) is 36.8 Å². The zero-order valence-electron chi connectivity index (χ0n) is 8.98. The zero-order chi connectivity index (χ0) is 12.3. The highest BCUT2D eigenvalue weighted by Gasteiger charge is 2.14. The number of benzene rings is 1. The molecule has 5 heteroatoms. The SMILES string of the molecule is NC(Cc1c(F)cccc1Cl)c1cnccn1. The van der Waals surface area contributed by atoms with Gasteiger partial charge in [0.25, 0.3) is 0 Å². The van der Waals surface area contributed by atoms with Gasteiger partial charge in [-0.05, 0) is 18.6 Å². The van der Waals surface area contributed by atoms with Gasteiger partial charge in [-0.2, -0.15) is 0 Å². The number of nitrogens with zero attached hydrogens (tertiary/aromatic N) is 2. The molecule has 0 aliphatic rings. The monoisotopic (exact) mass is 251 g/mol. The topological polar surface area (TPSA) is 51.8 Å². The molecule has 1 aromatic heterocycles. The first kappa shape index (κ1) is 12.0. The Balaban J connectivity index is 2.22. The molecule has 2 N–H and O–H groups in total. The van der Waals surface area contributed by atoms with Crippen LogP contribution >= 0.6 is 11.6 Å². The fourth-order valence-corrected chi connectivity index (χ4v) is 1.79. The van der Waals surface area contributed by atoms with Gasteiger partial charge in [0.2, 0.25) is 0 Å². The van der Waals surface area contributed by atoms with Crippen molar-refractivity contribution in [3.63, 3.8) is 0 Å². The Morgan fingerprint density at radius 2 is 2.18 bits per heavy atom. The van der Waals surface area contributed by atoms with Crippen molar-refractivity contribution in [2.24, 2.45) is 5.73 Å². The van der Waals surface area contributed by atoms with Gasteiger partial charge in [0, 0.05) is 29.2 Å². The van der Waals surface area contributed by atoms with E-state index in [0.717, 1.165) is 0 Å². The molecule has 88 valence electrons. The fourth-order valence-electron chi connectivity index (χ4n) is 1.55. The lowest BCUT2D eigenvalue weighted by molar-refractivity contribution is 0.589. The van der Waals surface area contributed by atoms with Crippen molar-refractivity contribution in [2.45, 2.75) is 12.5 Å². The molecule has 3 nitrogen and oxygen atoms in total. The van der Waals surface area contributed by atoms with Gasteiger partial charge >= 0.3 is 0 Å². The van der Waals surface area contributed by atoms with E-state index in [9.17, 15) is 4.39 Å². The van der Waals surface area contributed by atoms with Crippen LogP contribution in [0.4, 0.5) is 4.39 Å². The van der Waals surface area contributed by atoms with Crippen LogP contribution in [0.5, 0.6) is 0 Å². The van der Waals surface area contributed by atoms with Crippen LogP contribution in [0.2, 0.25) is 5.02 Å². The summed E-state index contributed by atoms with van der Waals surface area (Å²) in [7, 11) is 0. The first-order valence-corrected chi connectivity index (χ1v) is 5.50. The quantitative estimate of drug-likeness (QED) is 0.912. The molecule has 1 unspecified atom stereocenters. The predicted octanol–water partition coefficient (Wildman–Crippen LogP) is 2.51. The Hall–Kier alpha value is -1.52. The third-order valence-corrected chi connectivity index (χ3v) is 2.80. The van der Waals surface area contributed by atoms with Crippen LogP contribution in [0.25, 0.3) is 0 Å². The smallest absolute Gasteiger partial charge is 0.127 e. The van der Waals surface area contributed by atoms with E-state index in [0.29, 0.717) is 22.7 Å². The number of hydrogen-bond acceptors (Lipinski definition) is 3. The third-order valence-electron chi connectivity index (χ3n) is 2.45. The van der Waals surface area contributed by atoms with Crippen molar-refractivity contribution in [3.8, 4) is 0 Å². The van der Waals surface area contributed by atoms with Gasteiger partial charge in [0.05, 0.1) is 11.7 Å². The summed E-state index contributed by atoms with van der Waals surface area (Å²) in [4.78, 5) is 8.00. The van der Waals surface area contributed by atoms with E-state index in [4.69, 9.17) is 17.3 Å². The lowest BCUT2D eigenvalue weighted by atomic mass is 10.0. The number of hydrogen-bond donors (Lipinski definition) is 1. The summed E-state index contributed by atoms with van der Waals surface area (Å²) in [5.41, 5.74) is 6.96. The second-order valence-electron chi connectivity index (χ2n) is 3.64. The Morgan fingerprint density at radius 3 is 2.82 bits per heavy atom. The minimum absolute atomic E-state index is 0.296. The Morgan fingerprint density at radius 1 is 1.35 bits per heavy atom. The summed E-state index contributed by atoms with van der Waals surface area (Å²) in [6.45, 7) is 0. The van der Waals surface area contributed by atoms with Gasteiger partial charge in [-0.15, -0.1) is 0 Å². The standard InChI is InChI=1S/C12H11ClFN3/c13-9-2-1-3-10(14)8(9)6-11(15)12-7-16-4-5-17-12/h1-5,7,11H,6,15H2. The van der Waals surface area contributed by atoms with Crippen LogP contribution in [0.3, 0.4) is 0 Å². The summed E-state index contributed by atoms with van der Waals surface area (Å²) >= 11 is 5.93. The summed E-state index contributed by atoms with van der Waals surface area (Å²) in [5, 5.41) is 0.379. The van der Waals surface area contributed by atoms with E-state index in [1.54, 1.807) is 30.7 Å². The molecule has 0 aliphatic carbocycles. The molecule has 0 fully saturated rings. The molecule has 0 bridgehead atoms. The zero-order valence-corrected chi connectivity index (χ0v) is 9.73. The lowest BCUT2D eigenvalue weighted by Crippen LogP contribution is -2.16. The fraction of sp³-hybridized carbons (Fsp3) is 0.167. The van der Waals surface area contributed by atoms with Crippen LogP contribution in [-0.4, -0.2) is 9.97 Å². The van der Waals surface area contributed by atoms with Crippen LogP contribution in [0.1, 0.15) is 17.3 Å². The van der Waals surface area contributed by atoms with Gasteiger partial charge in [0.1, 0.15) is 5.82 Å². The van der Waals surface area contributed by atoms with Crippen molar-refractivity contribution in [3.05, 3.63) is 58.9 Å². The van der Waals surface area contributed by atoms with Gasteiger partial charge in [0.15, 0.2) is 0 Å². The molecule has 2 rings (SSSR count). The molecular weight excluding hydrogens is 241 g/mol. The molecule has 17 heavy (non-hydrogen) atoms. The highest BCUT2D eigenvalue weighted by Crippen LogP contribution is 2.23. The molecule has 0 radical (unpaired) electrons. The third kappa shape index (κ3) is 2.78. The number of aromatic nitrogens is 2. The highest BCUT2D eigenvalue weighted by atomic mass is 35.5. The molecule has 0 spiro atoms. The summed E-state index contributed by atoms with van der Waals surface area (Å²) < 4.78 is 13.6. The Bertz CT molecular complexity index is 484. The van der Waals surface area contributed by atoms with E-state index in [2.05, 4.69) is 9.97 Å². The summed E-state index contributed by atoms with van der Waals surface area (Å²) in [6.07, 6.45) is 4.98. The molecule has 0 aliphatic heterocycles. The maximum absolute atomic E-state index is 13.6. The first-order valence-electron chi connectivity index (χ1n) is 5.13. The Kier molecular flexibility index (Phi) is 3.66. The highest BCUT2D eigenvalue weighted by molar-refractivity contribution is 6.31. The molecular formula is C12H11ClFN3. The van der Waals surface area contributed by atoms with Crippen molar-refractivity contribution >= 4 is 11.6 Å². The normalized spacial score (nSPS) is 12.4. The molecule has 2 aromatic rings. The largest absolute Gasteiger partial charge is 0.322 e. The van der Waals surface area contributed by atoms with E-state index < -0.39 is 6.04 Å². The van der Waals surface area contributed by atoms with Crippen LogP contribution < -0.4 is 5.73 Å². The maximum Gasteiger partial charge on any atom is 0.127 e. The number of nitrogens with two attached hydrogens (primary N) is 1. The van der Waals surface area contributed by atoms with E-state index in [1.807, 2.05) is 0 Å². The molecule has 0 amide bonds. The van der Waals surface area contributed by atoms with E-state index in [-0.39, 0.29) is 5.82 Å². The lowest BCUT2D eigenvalue weighted by Gasteiger charge is -2.12. The summed E-state index contributed by atoms with van der Waals surface area (Å²) in [6, 6.07) is 4.15. The first-order chi connectivity index (χ1) is 8.18. The van der Waals surface area contributed by atoms with Gasteiger partial charge in [-0.3, -0.25) is 9.97 Å². The molecule has 0 saturated heterocycles.